The van der Waals surface area contributed by atoms with Gasteiger partial charge < -0.3 is 4.74 Å². The number of hydrogen-bond acceptors (Lipinski definition) is 6. The largest absolute Gasteiger partial charge is 0.383 e. The van der Waals surface area contributed by atoms with Gasteiger partial charge in [0.2, 0.25) is 0 Å². The minimum absolute atomic E-state index is 0.193. The number of nitrogens with zero attached hydrogens (tertiary/aromatic N) is 6. The summed E-state index contributed by atoms with van der Waals surface area (Å²) in [5.41, 5.74) is 4.72. The van der Waals surface area contributed by atoms with Gasteiger partial charge in [-0.1, -0.05) is 36.4 Å². The average Bonchev–Trinajstić information content (AvgIpc) is 3.09. The highest BCUT2D eigenvalue weighted by atomic mass is 16.5. The number of rotatable bonds is 5. The molecule has 8 heteroatoms. The molecule has 5 aromatic rings. The molecule has 0 saturated carbocycles. The molecule has 5 rings (SSSR count). The molecule has 154 valence electrons. The van der Waals surface area contributed by atoms with Gasteiger partial charge in [-0.05, 0) is 30.2 Å². The molecule has 2 aromatic carbocycles. The van der Waals surface area contributed by atoms with Crippen molar-refractivity contribution in [1.29, 1.82) is 0 Å². The highest BCUT2D eigenvalue weighted by Crippen LogP contribution is 2.24. The van der Waals surface area contributed by atoms with E-state index >= 15 is 0 Å². The van der Waals surface area contributed by atoms with Crippen LogP contribution in [0.5, 0.6) is 0 Å². The molecular formula is C23H20N6O2. The van der Waals surface area contributed by atoms with Gasteiger partial charge in [0.1, 0.15) is 17.2 Å². The fraction of sp³-hybridized carbons (Fsp3) is 0.174. The maximum Gasteiger partial charge on any atom is 0.265 e. The van der Waals surface area contributed by atoms with Gasteiger partial charge in [0.25, 0.3) is 5.56 Å². The lowest BCUT2D eigenvalue weighted by molar-refractivity contribution is 0.186. The van der Waals surface area contributed by atoms with Crippen molar-refractivity contribution in [3.8, 4) is 0 Å². The number of aryl methyl sites for hydroxylation is 1. The van der Waals surface area contributed by atoms with Crippen LogP contribution in [0.2, 0.25) is 0 Å². The molecule has 3 aromatic heterocycles. The van der Waals surface area contributed by atoms with Crippen molar-refractivity contribution in [2.45, 2.75) is 13.5 Å². The highest BCUT2D eigenvalue weighted by molar-refractivity contribution is 6.04. The molecule has 0 aliphatic carbocycles. The van der Waals surface area contributed by atoms with Gasteiger partial charge in [-0.25, -0.2) is 15.0 Å². The van der Waals surface area contributed by atoms with E-state index in [1.165, 1.54) is 10.9 Å². The van der Waals surface area contributed by atoms with E-state index in [0.717, 1.165) is 16.6 Å². The second-order valence-corrected chi connectivity index (χ2v) is 7.23. The summed E-state index contributed by atoms with van der Waals surface area (Å²) in [6.07, 6.45) is 3.27. The summed E-state index contributed by atoms with van der Waals surface area (Å²) in [6.45, 7) is 2.83. The first-order chi connectivity index (χ1) is 15.2. The van der Waals surface area contributed by atoms with Crippen molar-refractivity contribution in [3.05, 3.63) is 76.3 Å². The van der Waals surface area contributed by atoms with E-state index < -0.39 is 0 Å². The van der Waals surface area contributed by atoms with Crippen LogP contribution in [-0.4, -0.2) is 44.1 Å². The minimum Gasteiger partial charge on any atom is -0.383 e. The van der Waals surface area contributed by atoms with Crippen LogP contribution in [0.15, 0.2) is 64.8 Å². The number of fused-ring (bicyclic) bond motifs is 4. The van der Waals surface area contributed by atoms with Gasteiger partial charge in [0, 0.05) is 7.11 Å². The zero-order chi connectivity index (χ0) is 21.4. The fourth-order valence-electron chi connectivity index (χ4n) is 3.56. The molecule has 0 unspecified atom stereocenters. The summed E-state index contributed by atoms with van der Waals surface area (Å²) in [5.74, 6) is 0. The summed E-state index contributed by atoms with van der Waals surface area (Å²) >= 11 is 0. The van der Waals surface area contributed by atoms with Crippen molar-refractivity contribution in [1.82, 2.24) is 24.2 Å². The van der Waals surface area contributed by atoms with Crippen LogP contribution < -0.4 is 5.56 Å². The molecule has 0 spiro atoms. The third kappa shape index (κ3) is 3.27. The zero-order valence-electron chi connectivity index (χ0n) is 17.2. The van der Waals surface area contributed by atoms with E-state index in [-0.39, 0.29) is 5.56 Å². The summed E-state index contributed by atoms with van der Waals surface area (Å²) in [5, 5.41) is 5.04. The lowest BCUT2D eigenvalue weighted by atomic mass is 10.1. The lowest BCUT2D eigenvalue weighted by Crippen LogP contribution is -2.22. The van der Waals surface area contributed by atoms with E-state index in [1.54, 1.807) is 18.0 Å². The molecular weight excluding hydrogens is 392 g/mol. The summed E-state index contributed by atoms with van der Waals surface area (Å²) in [4.78, 5) is 27.3. The number of hydrogen-bond donors (Lipinski definition) is 0. The Morgan fingerprint density at radius 2 is 1.77 bits per heavy atom. The van der Waals surface area contributed by atoms with E-state index in [0.29, 0.717) is 40.9 Å². The highest BCUT2D eigenvalue weighted by Gasteiger charge is 2.19. The first-order valence-electron chi connectivity index (χ1n) is 9.92. The van der Waals surface area contributed by atoms with Crippen LogP contribution in [0.1, 0.15) is 11.1 Å². The predicted molar refractivity (Wildman–Crippen MR) is 121 cm³/mol. The normalized spacial score (nSPS) is 11.9. The average molecular weight is 412 g/mol. The first kappa shape index (κ1) is 19.1. The Morgan fingerprint density at radius 1 is 1.03 bits per heavy atom. The quantitative estimate of drug-likeness (QED) is 0.414. The number of ether oxygens (including phenoxy) is 1. The molecule has 0 saturated heterocycles. The van der Waals surface area contributed by atoms with Gasteiger partial charge in [-0.3, -0.25) is 9.36 Å². The van der Waals surface area contributed by atoms with Crippen LogP contribution in [0.25, 0.3) is 33.2 Å². The molecule has 3 heterocycles. The number of para-hydroxylation sites is 2. The molecule has 8 nitrogen and oxygen atoms in total. The second kappa shape index (κ2) is 7.73. The molecule has 0 amide bonds. The van der Waals surface area contributed by atoms with Crippen molar-refractivity contribution in [3.63, 3.8) is 0 Å². The Morgan fingerprint density at radius 3 is 2.55 bits per heavy atom. The van der Waals surface area contributed by atoms with Crippen LogP contribution in [0, 0.1) is 6.92 Å². The monoisotopic (exact) mass is 412 g/mol. The third-order valence-corrected chi connectivity index (χ3v) is 5.24. The zero-order valence-corrected chi connectivity index (χ0v) is 17.2. The van der Waals surface area contributed by atoms with Gasteiger partial charge in [0.05, 0.1) is 30.4 Å². The molecule has 0 atom stereocenters. The Labute approximate surface area is 177 Å². The van der Waals surface area contributed by atoms with Crippen molar-refractivity contribution < 1.29 is 4.74 Å². The standard InChI is InChI=1S/C23H20N6O2/c1-15-7-3-4-8-16(15)13-25-29-21-19(23(30)28(14-24-21)11-12-31-2)20-22(29)27-18-10-6-5-9-17(18)26-20/h3-10,13-14H,11-12H2,1-2H3/b25-13+. The molecule has 0 N–H and O–H groups in total. The molecule has 0 fully saturated rings. The van der Waals surface area contributed by atoms with Crippen LogP contribution in [-0.2, 0) is 11.3 Å². The Hall–Kier alpha value is -3.91. The van der Waals surface area contributed by atoms with Crippen LogP contribution in [0.3, 0.4) is 0 Å². The van der Waals surface area contributed by atoms with E-state index in [1.807, 2.05) is 55.5 Å². The summed E-state index contributed by atoms with van der Waals surface area (Å²) < 4.78 is 8.24. The van der Waals surface area contributed by atoms with E-state index in [4.69, 9.17) is 14.7 Å². The smallest absolute Gasteiger partial charge is 0.265 e. The number of aromatic nitrogens is 5. The minimum atomic E-state index is -0.193. The Kier molecular flexibility index (Phi) is 4.76. The van der Waals surface area contributed by atoms with Gasteiger partial charge >= 0.3 is 0 Å². The van der Waals surface area contributed by atoms with Gasteiger partial charge in [-0.15, -0.1) is 0 Å². The maximum absolute atomic E-state index is 13.3. The number of methoxy groups -OCH3 is 1. The maximum atomic E-state index is 13.3. The molecule has 31 heavy (non-hydrogen) atoms. The van der Waals surface area contributed by atoms with Gasteiger partial charge in [-0.2, -0.15) is 9.78 Å². The molecule has 0 radical (unpaired) electrons. The Balaban J connectivity index is 1.82. The second-order valence-electron chi connectivity index (χ2n) is 7.23. The predicted octanol–water partition coefficient (Wildman–Crippen LogP) is 3.13. The number of benzene rings is 2. The molecule has 0 bridgehead atoms. The van der Waals surface area contributed by atoms with Gasteiger partial charge in [0.15, 0.2) is 11.3 Å². The third-order valence-electron chi connectivity index (χ3n) is 5.24. The summed E-state index contributed by atoms with van der Waals surface area (Å²) in [7, 11) is 1.60. The van der Waals surface area contributed by atoms with Crippen molar-refractivity contribution in [2.24, 2.45) is 5.10 Å². The van der Waals surface area contributed by atoms with Crippen molar-refractivity contribution in [2.75, 3.05) is 13.7 Å². The molecule has 0 aliphatic heterocycles. The van der Waals surface area contributed by atoms with Crippen molar-refractivity contribution >= 4 is 39.4 Å². The van der Waals surface area contributed by atoms with Crippen LogP contribution >= 0.6 is 0 Å². The topological polar surface area (TPSA) is 87.2 Å². The Bertz CT molecular complexity index is 1520. The van der Waals surface area contributed by atoms with E-state index in [2.05, 4.69) is 10.1 Å². The lowest BCUT2D eigenvalue weighted by Gasteiger charge is -2.04. The summed E-state index contributed by atoms with van der Waals surface area (Å²) in [6, 6.07) is 15.5. The van der Waals surface area contributed by atoms with E-state index in [9.17, 15) is 4.79 Å². The molecule has 0 aliphatic rings. The van der Waals surface area contributed by atoms with Crippen LogP contribution in [0.4, 0.5) is 0 Å². The fourth-order valence-corrected chi connectivity index (χ4v) is 3.56. The SMILES string of the molecule is COCCn1cnc2c(c1=O)c1nc3ccccc3nc1n2/N=C/c1ccccc1C. The first-order valence-corrected chi connectivity index (χ1v) is 9.92.